The summed E-state index contributed by atoms with van der Waals surface area (Å²) in [5, 5.41) is 5.58. The minimum atomic E-state index is -0.946. The number of nitrogens with zero attached hydrogens (tertiary/aromatic N) is 1. The van der Waals surface area contributed by atoms with Gasteiger partial charge in [0, 0.05) is 0 Å². The highest BCUT2D eigenvalue weighted by Gasteiger charge is 2.40. The van der Waals surface area contributed by atoms with Crippen LogP contribution in [0, 0.1) is 5.92 Å². The standard InChI is InChI=1S/C24H29N3O6/c1-14(2)22(15-6-11-19(32-4)20(12-15)33-5)26-21(28)13-18-23(29)27(24(30)25-18)16-7-9-17(31-3)10-8-16/h6-12,14,18,22H,13H2,1-5H3,(H,25,30)(H,26,28). The summed E-state index contributed by atoms with van der Waals surface area (Å²) in [6.45, 7) is 3.96. The topological polar surface area (TPSA) is 106 Å². The number of nitrogens with one attached hydrogen (secondary N) is 2. The Balaban J connectivity index is 1.71. The van der Waals surface area contributed by atoms with Crippen molar-refractivity contribution in [1.29, 1.82) is 0 Å². The number of amides is 4. The first-order chi connectivity index (χ1) is 15.8. The van der Waals surface area contributed by atoms with Crippen molar-refractivity contribution >= 4 is 23.5 Å². The lowest BCUT2D eigenvalue weighted by molar-refractivity contribution is -0.126. The van der Waals surface area contributed by atoms with E-state index >= 15 is 0 Å². The van der Waals surface area contributed by atoms with Crippen LogP contribution in [0.25, 0.3) is 0 Å². The highest BCUT2D eigenvalue weighted by atomic mass is 16.5. The van der Waals surface area contributed by atoms with Crippen LogP contribution in [0.1, 0.15) is 31.9 Å². The van der Waals surface area contributed by atoms with Crippen molar-refractivity contribution in [2.75, 3.05) is 26.2 Å². The van der Waals surface area contributed by atoms with Gasteiger partial charge in [-0.15, -0.1) is 0 Å². The van der Waals surface area contributed by atoms with Crippen molar-refractivity contribution in [3.63, 3.8) is 0 Å². The average molecular weight is 456 g/mol. The molecule has 0 spiro atoms. The lowest BCUT2D eigenvalue weighted by Gasteiger charge is -2.24. The first-order valence-corrected chi connectivity index (χ1v) is 10.6. The third kappa shape index (κ3) is 5.19. The first kappa shape index (κ1) is 23.9. The number of benzene rings is 2. The van der Waals surface area contributed by atoms with Gasteiger partial charge in [0.25, 0.3) is 5.91 Å². The molecule has 176 valence electrons. The lowest BCUT2D eigenvalue weighted by Crippen LogP contribution is -2.39. The molecule has 0 bridgehead atoms. The molecule has 33 heavy (non-hydrogen) atoms. The van der Waals surface area contributed by atoms with E-state index in [-0.39, 0.29) is 24.3 Å². The third-order valence-electron chi connectivity index (χ3n) is 5.49. The van der Waals surface area contributed by atoms with Gasteiger partial charge in [-0.25, -0.2) is 9.69 Å². The number of carbonyl (C=O) groups excluding carboxylic acids is 3. The highest BCUT2D eigenvalue weighted by molar-refractivity contribution is 6.22. The summed E-state index contributed by atoms with van der Waals surface area (Å²) in [7, 11) is 4.64. The van der Waals surface area contributed by atoms with E-state index in [9.17, 15) is 14.4 Å². The summed E-state index contributed by atoms with van der Waals surface area (Å²) in [4.78, 5) is 39.1. The molecule has 0 radical (unpaired) electrons. The molecule has 2 unspecified atom stereocenters. The van der Waals surface area contributed by atoms with Crippen LogP contribution >= 0.6 is 0 Å². The van der Waals surface area contributed by atoms with Crippen LogP contribution in [0.3, 0.4) is 0 Å². The maximum Gasteiger partial charge on any atom is 0.329 e. The quantitative estimate of drug-likeness (QED) is 0.563. The SMILES string of the molecule is COc1ccc(N2C(=O)NC(CC(=O)NC(c3ccc(OC)c(OC)c3)C(C)C)C2=O)cc1. The van der Waals surface area contributed by atoms with Crippen LogP contribution in [0.5, 0.6) is 17.2 Å². The maximum atomic E-state index is 12.9. The number of anilines is 1. The van der Waals surface area contributed by atoms with Gasteiger partial charge in [0.05, 0.1) is 39.5 Å². The number of hydrogen-bond donors (Lipinski definition) is 2. The van der Waals surface area contributed by atoms with Gasteiger partial charge in [-0.05, 0) is 47.9 Å². The molecular formula is C24H29N3O6. The molecule has 9 nitrogen and oxygen atoms in total. The molecule has 1 saturated heterocycles. The predicted molar refractivity (Wildman–Crippen MR) is 123 cm³/mol. The summed E-state index contributed by atoms with van der Waals surface area (Å²) < 4.78 is 15.8. The Hall–Kier alpha value is -3.75. The Morgan fingerprint density at radius 2 is 1.67 bits per heavy atom. The summed E-state index contributed by atoms with van der Waals surface area (Å²) in [5.74, 6) is 0.996. The molecule has 0 aromatic heterocycles. The predicted octanol–water partition coefficient (Wildman–Crippen LogP) is 3.04. The third-order valence-corrected chi connectivity index (χ3v) is 5.49. The van der Waals surface area contributed by atoms with Crippen LogP contribution in [-0.2, 0) is 9.59 Å². The Morgan fingerprint density at radius 3 is 2.24 bits per heavy atom. The van der Waals surface area contributed by atoms with Crippen LogP contribution in [0.4, 0.5) is 10.5 Å². The van der Waals surface area contributed by atoms with Crippen molar-refractivity contribution in [2.24, 2.45) is 5.92 Å². The van der Waals surface area contributed by atoms with Crippen molar-refractivity contribution in [3.05, 3.63) is 48.0 Å². The van der Waals surface area contributed by atoms with Gasteiger partial charge < -0.3 is 24.8 Å². The molecule has 1 heterocycles. The molecule has 1 aliphatic rings. The Labute approximate surface area is 193 Å². The van der Waals surface area contributed by atoms with Gasteiger partial charge in [-0.3, -0.25) is 9.59 Å². The number of rotatable bonds is 9. The fraction of sp³-hybridized carbons (Fsp3) is 0.375. The number of imide groups is 1. The highest BCUT2D eigenvalue weighted by Crippen LogP contribution is 2.32. The van der Waals surface area contributed by atoms with E-state index < -0.39 is 18.0 Å². The van der Waals surface area contributed by atoms with Crippen LogP contribution < -0.4 is 29.7 Å². The molecule has 2 N–H and O–H groups in total. The normalized spacial score (nSPS) is 16.4. The second-order valence-electron chi connectivity index (χ2n) is 7.98. The number of urea groups is 1. The van der Waals surface area contributed by atoms with Crippen LogP contribution in [0.15, 0.2) is 42.5 Å². The molecule has 0 aliphatic carbocycles. The van der Waals surface area contributed by atoms with Gasteiger partial charge in [0.2, 0.25) is 5.91 Å². The van der Waals surface area contributed by atoms with Gasteiger partial charge in [0.1, 0.15) is 11.8 Å². The van der Waals surface area contributed by atoms with Gasteiger partial charge in [-0.1, -0.05) is 19.9 Å². The van der Waals surface area contributed by atoms with Gasteiger partial charge in [-0.2, -0.15) is 0 Å². The summed E-state index contributed by atoms with van der Waals surface area (Å²) in [5.41, 5.74) is 1.25. The summed E-state index contributed by atoms with van der Waals surface area (Å²) >= 11 is 0. The number of ether oxygens (including phenoxy) is 3. The van der Waals surface area contributed by atoms with E-state index in [0.717, 1.165) is 10.5 Å². The fourth-order valence-corrected chi connectivity index (χ4v) is 3.74. The van der Waals surface area contributed by atoms with E-state index in [4.69, 9.17) is 14.2 Å². The van der Waals surface area contributed by atoms with Crippen LogP contribution in [0.2, 0.25) is 0 Å². The van der Waals surface area contributed by atoms with Gasteiger partial charge in [0.15, 0.2) is 11.5 Å². The fourth-order valence-electron chi connectivity index (χ4n) is 3.74. The zero-order valence-electron chi connectivity index (χ0n) is 19.4. The van der Waals surface area contributed by atoms with Crippen molar-refractivity contribution in [1.82, 2.24) is 10.6 Å². The molecule has 9 heteroatoms. The molecule has 2 atom stereocenters. The number of hydrogen-bond acceptors (Lipinski definition) is 6. The molecule has 1 fully saturated rings. The molecular weight excluding hydrogens is 426 g/mol. The van der Waals surface area contributed by atoms with Crippen molar-refractivity contribution < 1.29 is 28.6 Å². The van der Waals surface area contributed by atoms with Gasteiger partial charge >= 0.3 is 6.03 Å². The van der Waals surface area contributed by atoms with Crippen LogP contribution in [-0.4, -0.2) is 45.2 Å². The molecule has 4 amide bonds. The second-order valence-corrected chi connectivity index (χ2v) is 7.98. The minimum absolute atomic E-state index is 0.0664. The maximum absolute atomic E-state index is 12.9. The van der Waals surface area contributed by atoms with Crippen molar-refractivity contribution in [3.8, 4) is 17.2 Å². The zero-order chi connectivity index (χ0) is 24.1. The molecule has 2 aromatic rings. The number of carbonyl (C=O) groups is 3. The van der Waals surface area contributed by atoms with E-state index in [2.05, 4.69) is 10.6 Å². The Morgan fingerprint density at radius 1 is 1.00 bits per heavy atom. The van der Waals surface area contributed by atoms with E-state index in [1.807, 2.05) is 26.0 Å². The Bertz CT molecular complexity index is 1020. The zero-order valence-corrected chi connectivity index (χ0v) is 19.4. The Kier molecular flexibility index (Phi) is 7.42. The second kappa shape index (κ2) is 10.2. The minimum Gasteiger partial charge on any atom is -0.497 e. The monoisotopic (exact) mass is 455 g/mol. The summed E-state index contributed by atoms with van der Waals surface area (Å²) in [6.07, 6.45) is -0.173. The molecule has 1 aliphatic heterocycles. The van der Waals surface area contributed by atoms with Crippen molar-refractivity contribution in [2.45, 2.75) is 32.4 Å². The molecule has 0 saturated carbocycles. The largest absolute Gasteiger partial charge is 0.497 e. The number of methoxy groups -OCH3 is 3. The van der Waals surface area contributed by atoms with E-state index in [0.29, 0.717) is 22.9 Å². The molecule has 2 aromatic carbocycles. The smallest absolute Gasteiger partial charge is 0.329 e. The molecule has 3 rings (SSSR count). The average Bonchev–Trinajstić information content (AvgIpc) is 3.09. The first-order valence-electron chi connectivity index (χ1n) is 10.6. The summed E-state index contributed by atoms with van der Waals surface area (Å²) in [6, 6.07) is 10.2. The van der Waals surface area contributed by atoms with E-state index in [1.54, 1.807) is 44.6 Å². The van der Waals surface area contributed by atoms with E-state index in [1.165, 1.54) is 7.11 Å². The lowest BCUT2D eigenvalue weighted by atomic mass is 9.95.